The molecule has 2 amide bonds. The number of hydrogen-bond donors (Lipinski definition) is 2. The second-order valence-electron chi connectivity index (χ2n) is 7.18. The van der Waals surface area contributed by atoms with Crippen LogP contribution < -0.4 is 5.32 Å². The highest BCUT2D eigenvalue weighted by Crippen LogP contribution is 2.33. The maximum absolute atomic E-state index is 12.5. The number of benzene rings is 1. The Labute approximate surface area is 159 Å². The fourth-order valence-corrected chi connectivity index (χ4v) is 3.90. The van der Waals surface area contributed by atoms with Crippen LogP contribution in [0.1, 0.15) is 48.6 Å². The van der Waals surface area contributed by atoms with Gasteiger partial charge in [0.25, 0.3) is 0 Å². The van der Waals surface area contributed by atoms with E-state index in [0.717, 1.165) is 49.7 Å². The molecule has 0 saturated carbocycles. The number of para-hydroxylation sites is 1. The molecule has 142 valence electrons. The maximum Gasteiger partial charge on any atom is 0.317 e. The molecular formula is C21H26N4O2. The molecule has 0 spiro atoms. The Morgan fingerprint density at radius 2 is 2.11 bits per heavy atom. The molecule has 0 atom stereocenters. The first-order chi connectivity index (χ1) is 13.2. The molecule has 2 N–H and O–H groups in total. The normalized spacial score (nSPS) is 15.4. The van der Waals surface area contributed by atoms with Crippen molar-refractivity contribution < 1.29 is 9.21 Å². The summed E-state index contributed by atoms with van der Waals surface area (Å²) in [6.07, 6.45) is 4.85. The lowest BCUT2D eigenvalue weighted by molar-refractivity contribution is 0.180. The molecule has 6 heteroatoms. The van der Waals surface area contributed by atoms with Crippen molar-refractivity contribution >= 4 is 16.9 Å². The summed E-state index contributed by atoms with van der Waals surface area (Å²) < 4.78 is 5.66. The maximum atomic E-state index is 12.5. The van der Waals surface area contributed by atoms with Crippen LogP contribution in [0.25, 0.3) is 10.9 Å². The Balaban J connectivity index is 1.33. The number of amides is 2. The van der Waals surface area contributed by atoms with Gasteiger partial charge in [-0.15, -0.1) is 0 Å². The molecular weight excluding hydrogens is 340 g/mol. The van der Waals surface area contributed by atoms with Gasteiger partial charge in [0, 0.05) is 36.6 Å². The number of urea groups is 1. The van der Waals surface area contributed by atoms with E-state index in [1.165, 1.54) is 16.5 Å². The van der Waals surface area contributed by atoms with Gasteiger partial charge in [-0.2, -0.15) is 0 Å². The molecule has 0 radical (unpaired) electrons. The summed E-state index contributed by atoms with van der Waals surface area (Å²) in [6, 6.07) is 8.38. The lowest BCUT2D eigenvalue weighted by atomic mass is 9.89. The van der Waals surface area contributed by atoms with Gasteiger partial charge in [-0.25, -0.2) is 9.78 Å². The van der Waals surface area contributed by atoms with E-state index in [0.29, 0.717) is 12.5 Å². The molecule has 1 aliphatic rings. The van der Waals surface area contributed by atoms with E-state index in [1.54, 1.807) is 0 Å². The molecule has 27 heavy (non-hydrogen) atoms. The Kier molecular flexibility index (Phi) is 4.88. The van der Waals surface area contributed by atoms with Crippen LogP contribution in [0, 0.1) is 6.92 Å². The van der Waals surface area contributed by atoms with Crippen LogP contribution in [0.15, 0.2) is 34.9 Å². The van der Waals surface area contributed by atoms with Gasteiger partial charge in [-0.1, -0.05) is 25.1 Å². The van der Waals surface area contributed by atoms with Gasteiger partial charge < -0.3 is 19.6 Å². The summed E-state index contributed by atoms with van der Waals surface area (Å²) in [7, 11) is 0. The van der Waals surface area contributed by atoms with Crippen molar-refractivity contribution in [3.8, 4) is 0 Å². The number of H-pyrrole nitrogens is 1. The summed E-state index contributed by atoms with van der Waals surface area (Å²) in [5.74, 6) is 1.96. The highest BCUT2D eigenvalue weighted by atomic mass is 16.4. The first-order valence-corrected chi connectivity index (χ1v) is 9.69. The van der Waals surface area contributed by atoms with Gasteiger partial charge in [0.2, 0.25) is 0 Å². The van der Waals surface area contributed by atoms with E-state index >= 15 is 0 Å². The third kappa shape index (κ3) is 3.56. The van der Waals surface area contributed by atoms with Crippen molar-refractivity contribution in [2.75, 3.05) is 13.1 Å². The molecule has 0 unspecified atom stereocenters. The van der Waals surface area contributed by atoms with E-state index in [-0.39, 0.29) is 6.03 Å². The first-order valence-electron chi connectivity index (χ1n) is 9.69. The highest BCUT2D eigenvalue weighted by molar-refractivity contribution is 5.83. The average Bonchev–Trinajstić information content (AvgIpc) is 3.29. The van der Waals surface area contributed by atoms with E-state index < -0.39 is 0 Å². The number of piperidine rings is 1. The molecule has 1 aliphatic heterocycles. The fourth-order valence-electron chi connectivity index (χ4n) is 3.90. The van der Waals surface area contributed by atoms with E-state index in [1.807, 2.05) is 18.7 Å². The minimum Gasteiger partial charge on any atom is -0.444 e. The SMILES string of the molecule is CCc1nc(C)c(CNC(=O)N2CCC(c3c[nH]c4ccccc34)CC2)o1. The van der Waals surface area contributed by atoms with Crippen molar-refractivity contribution in [2.45, 2.75) is 45.6 Å². The third-order valence-corrected chi connectivity index (χ3v) is 5.48. The van der Waals surface area contributed by atoms with Crippen LogP contribution in [0.3, 0.4) is 0 Å². The smallest absolute Gasteiger partial charge is 0.317 e. The largest absolute Gasteiger partial charge is 0.444 e. The van der Waals surface area contributed by atoms with Crippen molar-refractivity contribution in [1.82, 2.24) is 20.2 Å². The van der Waals surface area contributed by atoms with Crippen LogP contribution in [0.5, 0.6) is 0 Å². The number of aryl methyl sites for hydroxylation is 2. The first kappa shape index (κ1) is 17.6. The number of carbonyl (C=O) groups excluding carboxylic acids is 1. The number of rotatable bonds is 4. The number of oxazole rings is 1. The molecule has 2 aromatic heterocycles. The Morgan fingerprint density at radius 3 is 2.85 bits per heavy atom. The zero-order valence-electron chi connectivity index (χ0n) is 15.9. The second-order valence-corrected chi connectivity index (χ2v) is 7.18. The number of likely N-dealkylation sites (tertiary alicyclic amines) is 1. The number of carbonyl (C=O) groups is 1. The quantitative estimate of drug-likeness (QED) is 0.729. The Hall–Kier alpha value is -2.76. The van der Waals surface area contributed by atoms with Gasteiger partial charge in [0.05, 0.1) is 12.2 Å². The van der Waals surface area contributed by atoms with Crippen LogP contribution >= 0.6 is 0 Å². The van der Waals surface area contributed by atoms with Gasteiger partial charge in [-0.3, -0.25) is 0 Å². The topological polar surface area (TPSA) is 74.2 Å². The summed E-state index contributed by atoms with van der Waals surface area (Å²) >= 11 is 0. The standard InChI is InChI=1S/C21H26N4O2/c1-3-20-24-14(2)19(27-20)13-23-21(26)25-10-8-15(9-11-25)17-12-22-18-7-5-4-6-16(17)18/h4-7,12,15,22H,3,8-11,13H2,1-2H3,(H,23,26). The molecule has 1 fully saturated rings. The number of aromatic nitrogens is 2. The molecule has 4 rings (SSSR count). The molecule has 0 bridgehead atoms. The van der Waals surface area contributed by atoms with Crippen LogP contribution in [-0.4, -0.2) is 34.0 Å². The predicted octanol–water partition coefficient (Wildman–Crippen LogP) is 4.12. The molecule has 6 nitrogen and oxygen atoms in total. The zero-order chi connectivity index (χ0) is 18.8. The summed E-state index contributed by atoms with van der Waals surface area (Å²) in [4.78, 5) is 22.1. The summed E-state index contributed by atoms with van der Waals surface area (Å²) in [5.41, 5.74) is 3.40. The summed E-state index contributed by atoms with van der Waals surface area (Å²) in [5, 5.41) is 4.27. The minimum atomic E-state index is -0.0266. The lowest BCUT2D eigenvalue weighted by Crippen LogP contribution is -2.43. The highest BCUT2D eigenvalue weighted by Gasteiger charge is 2.25. The van der Waals surface area contributed by atoms with Crippen LogP contribution in [0.4, 0.5) is 4.79 Å². The van der Waals surface area contributed by atoms with E-state index in [4.69, 9.17) is 4.42 Å². The second kappa shape index (κ2) is 7.47. The van der Waals surface area contributed by atoms with Gasteiger partial charge in [0.1, 0.15) is 5.76 Å². The van der Waals surface area contributed by atoms with Crippen molar-refractivity contribution in [3.63, 3.8) is 0 Å². The van der Waals surface area contributed by atoms with Crippen molar-refractivity contribution in [2.24, 2.45) is 0 Å². The summed E-state index contributed by atoms with van der Waals surface area (Å²) in [6.45, 7) is 5.85. The number of nitrogens with one attached hydrogen (secondary N) is 2. The van der Waals surface area contributed by atoms with E-state index in [9.17, 15) is 4.79 Å². The number of nitrogens with zero attached hydrogens (tertiary/aromatic N) is 2. The van der Waals surface area contributed by atoms with E-state index in [2.05, 4.69) is 45.7 Å². The number of aromatic amines is 1. The molecule has 3 heterocycles. The fraction of sp³-hybridized carbons (Fsp3) is 0.429. The van der Waals surface area contributed by atoms with Gasteiger partial charge in [0.15, 0.2) is 5.89 Å². The minimum absolute atomic E-state index is 0.0266. The molecule has 0 aliphatic carbocycles. The van der Waals surface area contributed by atoms with Crippen molar-refractivity contribution in [1.29, 1.82) is 0 Å². The molecule has 1 saturated heterocycles. The Bertz CT molecular complexity index is 935. The lowest BCUT2D eigenvalue weighted by Gasteiger charge is -2.32. The zero-order valence-corrected chi connectivity index (χ0v) is 15.9. The third-order valence-electron chi connectivity index (χ3n) is 5.48. The Morgan fingerprint density at radius 1 is 1.33 bits per heavy atom. The number of hydrogen-bond acceptors (Lipinski definition) is 3. The van der Waals surface area contributed by atoms with Gasteiger partial charge >= 0.3 is 6.03 Å². The average molecular weight is 366 g/mol. The predicted molar refractivity (Wildman–Crippen MR) is 105 cm³/mol. The van der Waals surface area contributed by atoms with Gasteiger partial charge in [-0.05, 0) is 37.3 Å². The van der Waals surface area contributed by atoms with Crippen LogP contribution in [0.2, 0.25) is 0 Å². The molecule has 1 aromatic carbocycles. The number of fused-ring (bicyclic) bond motifs is 1. The van der Waals surface area contributed by atoms with Crippen LogP contribution in [-0.2, 0) is 13.0 Å². The molecule has 3 aromatic rings. The monoisotopic (exact) mass is 366 g/mol. The van der Waals surface area contributed by atoms with Crippen molar-refractivity contribution in [3.05, 3.63) is 53.4 Å².